The van der Waals surface area contributed by atoms with E-state index >= 15 is 0 Å². The minimum absolute atomic E-state index is 0.0947. The van der Waals surface area contributed by atoms with Gasteiger partial charge in [0.25, 0.3) is 0 Å². The van der Waals surface area contributed by atoms with Gasteiger partial charge in [0.2, 0.25) is 5.91 Å². The molecule has 1 amide bonds. The highest BCUT2D eigenvalue weighted by molar-refractivity contribution is 8.00. The van der Waals surface area contributed by atoms with Gasteiger partial charge >= 0.3 is 0 Å². The van der Waals surface area contributed by atoms with Gasteiger partial charge in [-0.2, -0.15) is 0 Å². The normalized spacial score (nSPS) is 16.4. The van der Waals surface area contributed by atoms with Gasteiger partial charge in [0, 0.05) is 12.3 Å². The van der Waals surface area contributed by atoms with Crippen LogP contribution in [0.2, 0.25) is 0 Å². The number of hydrogen-bond acceptors (Lipinski definition) is 6. The molecule has 2 aromatic heterocycles. The maximum Gasteiger partial charge on any atom is 0.242 e. The Hall–Kier alpha value is -3.01. The van der Waals surface area contributed by atoms with E-state index in [9.17, 15) is 9.18 Å². The molecule has 1 saturated heterocycles. The van der Waals surface area contributed by atoms with Gasteiger partial charge in [0.1, 0.15) is 11.1 Å². The molecule has 2 atom stereocenters. The molecule has 174 valence electrons. The van der Waals surface area contributed by atoms with E-state index in [0.717, 1.165) is 35.7 Å². The van der Waals surface area contributed by atoms with Gasteiger partial charge in [-0.05, 0) is 54.1 Å². The van der Waals surface area contributed by atoms with E-state index in [1.165, 1.54) is 23.9 Å². The molecular formula is C25H23FN4O2S2. The summed E-state index contributed by atoms with van der Waals surface area (Å²) in [6.45, 7) is 1.39. The first-order chi connectivity index (χ1) is 16.7. The van der Waals surface area contributed by atoms with Gasteiger partial charge in [-0.25, -0.2) is 4.39 Å². The number of halogens is 1. The Labute approximate surface area is 205 Å². The highest BCUT2D eigenvalue weighted by Crippen LogP contribution is 2.38. The van der Waals surface area contributed by atoms with Gasteiger partial charge in [-0.1, -0.05) is 48.2 Å². The van der Waals surface area contributed by atoms with Crippen molar-refractivity contribution in [1.82, 2.24) is 14.8 Å². The highest BCUT2D eigenvalue weighted by Gasteiger charge is 2.28. The van der Waals surface area contributed by atoms with E-state index in [1.54, 1.807) is 23.5 Å². The molecule has 2 aromatic carbocycles. The van der Waals surface area contributed by atoms with Gasteiger partial charge in [-0.15, -0.1) is 21.5 Å². The molecule has 0 aliphatic carbocycles. The highest BCUT2D eigenvalue weighted by atomic mass is 32.2. The van der Waals surface area contributed by atoms with Crippen molar-refractivity contribution in [1.29, 1.82) is 0 Å². The van der Waals surface area contributed by atoms with E-state index in [0.29, 0.717) is 17.4 Å². The quantitative estimate of drug-likeness (QED) is 0.314. The van der Waals surface area contributed by atoms with Crippen molar-refractivity contribution in [3.05, 3.63) is 83.5 Å². The monoisotopic (exact) mass is 494 g/mol. The minimum atomic E-state index is -0.574. The largest absolute Gasteiger partial charge is 0.376 e. The lowest BCUT2D eigenvalue weighted by atomic mass is 10.1. The average molecular weight is 495 g/mol. The number of hydrogen-bond donors (Lipinski definition) is 1. The molecule has 1 aliphatic rings. The number of carbonyl (C=O) groups is 1. The summed E-state index contributed by atoms with van der Waals surface area (Å²) in [7, 11) is 0. The zero-order chi connectivity index (χ0) is 23.3. The van der Waals surface area contributed by atoms with Crippen LogP contribution in [0.15, 0.2) is 77.3 Å². The fourth-order valence-electron chi connectivity index (χ4n) is 3.87. The summed E-state index contributed by atoms with van der Waals surface area (Å²) in [4.78, 5) is 14.4. The number of nitrogens with zero attached hydrogens (tertiary/aromatic N) is 3. The summed E-state index contributed by atoms with van der Waals surface area (Å²) in [5, 5.41) is 14.0. The molecule has 0 radical (unpaired) electrons. The van der Waals surface area contributed by atoms with E-state index in [2.05, 4.69) is 20.1 Å². The van der Waals surface area contributed by atoms with Crippen LogP contribution in [0.3, 0.4) is 0 Å². The van der Waals surface area contributed by atoms with Crippen LogP contribution in [0.4, 0.5) is 10.1 Å². The first kappa shape index (κ1) is 22.8. The Morgan fingerprint density at radius 2 is 1.97 bits per heavy atom. The van der Waals surface area contributed by atoms with Crippen molar-refractivity contribution in [2.75, 3.05) is 11.9 Å². The number of nitrogens with one attached hydrogen (secondary N) is 1. The minimum Gasteiger partial charge on any atom is -0.376 e. The van der Waals surface area contributed by atoms with Crippen LogP contribution in [-0.4, -0.2) is 33.4 Å². The van der Waals surface area contributed by atoms with E-state index in [1.807, 2.05) is 47.8 Å². The molecule has 0 spiro atoms. The average Bonchev–Trinajstić information content (AvgIpc) is 3.63. The molecule has 0 unspecified atom stereocenters. The lowest BCUT2D eigenvalue weighted by Crippen LogP contribution is -2.21. The van der Waals surface area contributed by atoms with Crippen molar-refractivity contribution in [3.63, 3.8) is 0 Å². The third-order valence-corrected chi connectivity index (χ3v) is 7.64. The van der Waals surface area contributed by atoms with Crippen molar-refractivity contribution in [2.24, 2.45) is 0 Å². The van der Waals surface area contributed by atoms with E-state index < -0.39 is 5.25 Å². The fourth-order valence-corrected chi connectivity index (χ4v) is 5.63. The van der Waals surface area contributed by atoms with Crippen LogP contribution in [0, 0.1) is 5.82 Å². The van der Waals surface area contributed by atoms with Crippen molar-refractivity contribution < 1.29 is 13.9 Å². The molecule has 0 bridgehead atoms. The molecule has 6 nitrogen and oxygen atoms in total. The molecule has 4 aromatic rings. The number of ether oxygens (including phenoxy) is 1. The number of thiophene rings is 1. The Balaban J connectivity index is 1.46. The predicted molar refractivity (Wildman–Crippen MR) is 132 cm³/mol. The Morgan fingerprint density at radius 3 is 2.68 bits per heavy atom. The van der Waals surface area contributed by atoms with Crippen molar-refractivity contribution in [2.45, 2.75) is 35.9 Å². The van der Waals surface area contributed by atoms with Gasteiger partial charge < -0.3 is 10.1 Å². The van der Waals surface area contributed by atoms with Crippen LogP contribution in [0.25, 0.3) is 10.7 Å². The zero-order valence-electron chi connectivity index (χ0n) is 18.3. The second kappa shape index (κ2) is 10.5. The first-order valence-corrected chi connectivity index (χ1v) is 12.8. The van der Waals surface area contributed by atoms with Crippen molar-refractivity contribution >= 4 is 34.7 Å². The number of thioether (sulfide) groups is 1. The first-order valence-electron chi connectivity index (χ1n) is 11.0. The number of amides is 1. The summed E-state index contributed by atoms with van der Waals surface area (Å²) < 4.78 is 21.3. The van der Waals surface area contributed by atoms with Crippen LogP contribution in [0.1, 0.15) is 23.7 Å². The predicted octanol–water partition coefficient (Wildman–Crippen LogP) is 5.80. The SMILES string of the molecule is O=C(Nc1ccc(F)cc1)[C@@H](Sc1nnc(-c2cccs2)n1C[C@@H]1CCCO1)c1ccccc1. The Kier molecular flexibility index (Phi) is 7.03. The van der Waals surface area contributed by atoms with Crippen molar-refractivity contribution in [3.8, 4) is 10.7 Å². The van der Waals surface area contributed by atoms with Crippen LogP contribution >= 0.6 is 23.1 Å². The molecule has 1 aliphatic heterocycles. The van der Waals surface area contributed by atoms with Gasteiger partial charge in [-0.3, -0.25) is 9.36 Å². The number of rotatable bonds is 8. The van der Waals surface area contributed by atoms with E-state index in [-0.39, 0.29) is 17.8 Å². The number of carbonyl (C=O) groups excluding carboxylic acids is 1. The molecule has 34 heavy (non-hydrogen) atoms. The smallest absolute Gasteiger partial charge is 0.242 e. The van der Waals surface area contributed by atoms with E-state index in [4.69, 9.17) is 4.74 Å². The summed E-state index contributed by atoms with van der Waals surface area (Å²) in [6, 6.07) is 19.3. The second-order valence-corrected chi connectivity index (χ2v) is 9.95. The van der Waals surface area contributed by atoms with Crippen LogP contribution < -0.4 is 5.32 Å². The molecule has 5 rings (SSSR count). The van der Waals surface area contributed by atoms with Crippen LogP contribution in [-0.2, 0) is 16.1 Å². The van der Waals surface area contributed by atoms with Gasteiger partial charge in [0.15, 0.2) is 11.0 Å². The number of benzene rings is 2. The Morgan fingerprint density at radius 1 is 1.15 bits per heavy atom. The standard InChI is InChI=1S/C25H23FN4O2S2/c26-18-10-12-19(13-11-18)27-24(31)22(17-6-2-1-3-7-17)34-25-29-28-23(21-9-5-15-33-21)30(25)16-20-8-4-14-32-20/h1-3,5-7,9-13,15,20,22H,4,8,14,16H2,(H,27,31)/t20-,22-/m0/s1. The summed E-state index contributed by atoms with van der Waals surface area (Å²) >= 11 is 2.96. The maximum absolute atomic E-state index is 13.4. The molecule has 0 saturated carbocycles. The number of aromatic nitrogens is 3. The molecule has 1 fully saturated rings. The summed E-state index contributed by atoms with van der Waals surface area (Å²) in [5.41, 5.74) is 1.38. The zero-order valence-corrected chi connectivity index (χ0v) is 19.9. The lowest BCUT2D eigenvalue weighted by molar-refractivity contribution is -0.115. The summed E-state index contributed by atoms with van der Waals surface area (Å²) in [5.74, 6) is 0.209. The number of anilines is 1. The maximum atomic E-state index is 13.4. The lowest BCUT2D eigenvalue weighted by Gasteiger charge is -2.19. The third-order valence-electron chi connectivity index (χ3n) is 5.54. The second-order valence-electron chi connectivity index (χ2n) is 7.93. The van der Waals surface area contributed by atoms with Crippen LogP contribution in [0.5, 0.6) is 0 Å². The fraction of sp³-hybridized carbons (Fsp3) is 0.240. The molecule has 9 heteroatoms. The molecule has 1 N–H and O–H groups in total. The van der Waals surface area contributed by atoms with Gasteiger partial charge in [0.05, 0.1) is 17.5 Å². The third kappa shape index (κ3) is 5.22. The molecule has 3 heterocycles. The molecular weight excluding hydrogens is 471 g/mol. The Bertz CT molecular complexity index is 1220. The topological polar surface area (TPSA) is 69.0 Å². The summed E-state index contributed by atoms with van der Waals surface area (Å²) in [6.07, 6.45) is 2.12.